The van der Waals surface area contributed by atoms with Gasteiger partial charge < -0.3 is 9.73 Å². The molecule has 4 aromatic rings. The molecule has 27 heavy (non-hydrogen) atoms. The highest BCUT2D eigenvalue weighted by atomic mass is 35.5. The maximum Gasteiger partial charge on any atom is 0.230 e. The number of imidazole rings is 1. The van der Waals surface area contributed by atoms with Crippen LogP contribution in [-0.4, -0.2) is 21.0 Å². The standard InChI is InChI=1S/C20H16ClN3O2S/c21-15-6-4-14(5-7-15)18-9-8-17(26-18)12-22-19(25)13-27-20-23-11-16-3-1-2-10-24(16)20/h1-11H,12-13H2,(H,22,25). The number of fused-ring (bicyclic) bond motifs is 1. The van der Waals surface area contributed by atoms with Gasteiger partial charge in [-0.2, -0.15) is 0 Å². The number of carbonyl (C=O) groups excluding carboxylic acids is 1. The van der Waals surface area contributed by atoms with Crippen molar-refractivity contribution in [1.82, 2.24) is 14.7 Å². The Morgan fingerprint density at radius 3 is 2.85 bits per heavy atom. The molecule has 0 aliphatic rings. The van der Waals surface area contributed by atoms with E-state index < -0.39 is 0 Å². The lowest BCUT2D eigenvalue weighted by Gasteiger charge is -2.03. The third-order valence-electron chi connectivity index (χ3n) is 3.99. The fourth-order valence-electron chi connectivity index (χ4n) is 2.64. The van der Waals surface area contributed by atoms with E-state index in [9.17, 15) is 4.79 Å². The number of hydrogen-bond donors (Lipinski definition) is 1. The molecule has 0 fully saturated rings. The van der Waals surface area contributed by atoms with Crippen molar-refractivity contribution in [1.29, 1.82) is 0 Å². The SMILES string of the molecule is O=C(CSc1ncc2ccccn12)NCc1ccc(-c2ccc(Cl)cc2)o1. The van der Waals surface area contributed by atoms with Crippen molar-refractivity contribution < 1.29 is 9.21 Å². The molecule has 136 valence electrons. The number of thioether (sulfide) groups is 1. The zero-order chi connectivity index (χ0) is 18.6. The minimum absolute atomic E-state index is 0.0721. The van der Waals surface area contributed by atoms with Gasteiger partial charge in [0, 0.05) is 16.8 Å². The van der Waals surface area contributed by atoms with Crippen LogP contribution in [0.5, 0.6) is 0 Å². The first-order chi connectivity index (χ1) is 13.2. The van der Waals surface area contributed by atoms with Crippen LogP contribution in [-0.2, 0) is 11.3 Å². The second kappa shape index (κ2) is 7.90. The summed E-state index contributed by atoms with van der Waals surface area (Å²) in [5, 5.41) is 4.35. The summed E-state index contributed by atoms with van der Waals surface area (Å²) in [6.07, 6.45) is 3.73. The lowest BCUT2D eigenvalue weighted by Crippen LogP contribution is -2.24. The van der Waals surface area contributed by atoms with Gasteiger partial charge in [-0.1, -0.05) is 29.4 Å². The monoisotopic (exact) mass is 397 g/mol. The van der Waals surface area contributed by atoms with E-state index in [1.165, 1.54) is 11.8 Å². The lowest BCUT2D eigenvalue weighted by molar-refractivity contribution is -0.118. The maximum absolute atomic E-state index is 12.1. The molecule has 0 unspecified atom stereocenters. The summed E-state index contributed by atoms with van der Waals surface area (Å²) in [5.41, 5.74) is 1.95. The zero-order valence-corrected chi connectivity index (χ0v) is 15.8. The first-order valence-electron chi connectivity index (χ1n) is 8.35. The highest BCUT2D eigenvalue weighted by Gasteiger charge is 2.09. The van der Waals surface area contributed by atoms with Crippen molar-refractivity contribution in [2.75, 3.05) is 5.75 Å². The Balaban J connectivity index is 1.31. The predicted octanol–water partition coefficient (Wildman–Crippen LogP) is 4.66. The fraction of sp³-hybridized carbons (Fsp3) is 0.100. The smallest absolute Gasteiger partial charge is 0.230 e. The molecule has 4 rings (SSSR count). The Morgan fingerprint density at radius 1 is 1.15 bits per heavy atom. The lowest BCUT2D eigenvalue weighted by atomic mass is 10.2. The van der Waals surface area contributed by atoms with Crippen molar-refractivity contribution >= 4 is 34.8 Å². The number of furan rings is 1. The van der Waals surface area contributed by atoms with Crippen LogP contribution in [0.4, 0.5) is 0 Å². The second-order valence-electron chi connectivity index (χ2n) is 5.87. The van der Waals surface area contributed by atoms with Gasteiger partial charge in [0.2, 0.25) is 5.91 Å². The first-order valence-corrected chi connectivity index (χ1v) is 9.71. The summed E-state index contributed by atoms with van der Waals surface area (Å²) in [7, 11) is 0. The van der Waals surface area contributed by atoms with Gasteiger partial charge >= 0.3 is 0 Å². The summed E-state index contributed by atoms with van der Waals surface area (Å²) in [6, 6.07) is 17.1. The number of nitrogens with one attached hydrogen (secondary N) is 1. The van der Waals surface area contributed by atoms with Crippen LogP contribution in [0.25, 0.3) is 16.8 Å². The van der Waals surface area contributed by atoms with Crippen LogP contribution in [0.15, 0.2) is 76.6 Å². The van der Waals surface area contributed by atoms with Crippen LogP contribution in [0.3, 0.4) is 0 Å². The van der Waals surface area contributed by atoms with Crippen LogP contribution in [0.1, 0.15) is 5.76 Å². The van der Waals surface area contributed by atoms with Crippen LogP contribution in [0, 0.1) is 0 Å². The Morgan fingerprint density at radius 2 is 2.00 bits per heavy atom. The summed E-state index contributed by atoms with van der Waals surface area (Å²) >= 11 is 7.30. The molecule has 0 bridgehead atoms. The van der Waals surface area contributed by atoms with E-state index in [1.807, 2.05) is 65.2 Å². The Bertz CT molecular complexity index is 1070. The van der Waals surface area contributed by atoms with Crippen LogP contribution >= 0.6 is 23.4 Å². The molecule has 1 aromatic carbocycles. The number of rotatable bonds is 6. The van der Waals surface area contributed by atoms with E-state index >= 15 is 0 Å². The van der Waals surface area contributed by atoms with Gasteiger partial charge in [-0.05, 0) is 48.5 Å². The van der Waals surface area contributed by atoms with Crippen molar-refractivity contribution in [2.24, 2.45) is 0 Å². The van der Waals surface area contributed by atoms with Gasteiger partial charge in [-0.3, -0.25) is 9.20 Å². The normalized spacial score (nSPS) is 11.0. The Kier molecular flexibility index (Phi) is 5.18. The average Bonchev–Trinajstić information content (AvgIpc) is 3.32. The molecule has 0 saturated carbocycles. The number of amides is 1. The van der Waals surface area contributed by atoms with Gasteiger partial charge in [-0.25, -0.2) is 4.98 Å². The van der Waals surface area contributed by atoms with Crippen molar-refractivity contribution in [3.8, 4) is 11.3 Å². The molecule has 0 aliphatic carbocycles. The van der Waals surface area contributed by atoms with Crippen molar-refractivity contribution in [3.63, 3.8) is 0 Å². The fourth-order valence-corrected chi connectivity index (χ4v) is 3.56. The van der Waals surface area contributed by atoms with Gasteiger partial charge in [-0.15, -0.1) is 0 Å². The molecular weight excluding hydrogens is 382 g/mol. The molecule has 0 aliphatic heterocycles. The molecule has 0 atom stereocenters. The molecule has 3 aromatic heterocycles. The van der Waals surface area contributed by atoms with Crippen molar-refractivity contribution in [3.05, 3.63) is 77.8 Å². The summed E-state index contributed by atoms with van der Waals surface area (Å²) < 4.78 is 7.75. The maximum atomic E-state index is 12.1. The molecule has 3 heterocycles. The zero-order valence-electron chi connectivity index (χ0n) is 14.3. The number of hydrogen-bond acceptors (Lipinski definition) is 4. The van der Waals surface area contributed by atoms with Gasteiger partial charge in [0.05, 0.1) is 24.0 Å². The molecule has 1 amide bonds. The van der Waals surface area contributed by atoms with E-state index in [1.54, 1.807) is 6.20 Å². The third kappa shape index (κ3) is 4.18. The number of benzene rings is 1. The van der Waals surface area contributed by atoms with Gasteiger partial charge in [0.25, 0.3) is 0 Å². The minimum Gasteiger partial charge on any atom is -0.459 e. The molecular formula is C20H16ClN3O2S. The average molecular weight is 398 g/mol. The van der Waals surface area contributed by atoms with E-state index in [-0.39, 0.29) is 5.91 Å². The second-order valence-corrected chi connectivity index (χ2v) is 7.25. The third-order valence-corrected chi connectivity index (χ3v) is 5.21. The van der Waals surface area contributed by atoms with E-state index in [4.69, 9.17) is 16.0 Å². The highest BCUT2D eigenvalue weighted by Crippen LogP contribution is 2.24. The number of aromatic nitrogens is 2. The van der Waals surface area contributed by atoms with Crippen LogP contribution < -0.4 is 5.32 Å². The topological polar surface area (TPSA) is 59.5 Å². The molecule has 5 nitrogen and oxygen atoms in total. The number of pyridine rings is 1. The predicted molar refractivity (Wildman–Crippen MR) is 107 cm³/mol. The molecule has 0 saturated heterocycles. The molecule has 1 N–H and O–H groups in total. The van der Waals surface area contributed by atoms with Gasteiger partial charge in [0.15, 0.2) is 5.16 Å². The van der Waals surface area contributed by atoms with Crippen molar-refractivity contribution in [2.45, 2.75) is 11.7 Å². The minimum atomic E-state index is -0.0721. The molecule has 7 heteroatoms. The number of carbonyl (C=O) groups is 1. The summed E-state index contributed by atoms with van der Waals surface area (Å²) in [6.45, 7) is 0.343. The number of halogens is 1. The Hall–Kier alpha value is -2.70. The van der Waals surface area contributed by atoms with Crippen LogP contribution in [0.2, 0.25) is 5.02 Å². The molecule has 0 radical (unpaired) electrons. The Labute approximate surface area is 165 Å². The largest absolute Gasteiger partial charge is 0.459 e. The molecule has 0 spiro atoms. The van der Waals surface area contributed by atoms with E-state index in [0.29, 0.717) is 23.1 Å². The van der Waals surface area contributed by atoms with Gasteiger partial charge in [0.1, 0.15) is 11.5 Å². The summed E-state index contributed by atoms with van der Waals surface area (Å²) in [5.74, 6) is 1.66. The number of nitrogens with zero attached hydrogens (tertiary/aromatic N) is 2. The van der Waals surface area contributed by atoms with E-state index in [0.717, 1.165) is 22.0 Å². The summed E-state index contributed by atoms with van der Waals surface area (Å²) in [4.78, 5) is 16.5. The first kappa shape index (κ1) is 17.7. The quantitative estimate of drug-likeness (QED) is 0.481. The van der Waals surface area contributed by atoms with E-state index in [2.05, 4.69) is 10.3 Å². The highest BCUT2D eigenvalue weighted by molar-refractivity contribution is 7.99.